The molecule has 122 valence electrons. The van der Waals surface area contributed by atoms with E-state index in [4.69, 9.17) is 4.43 Å². The molecular formula is C19H31NOSi. The molecule has 1 unspecified atom stereocenters. The van der Waals surface area contributed by atoms with Crippen molar-refractivity contribution in [2.75, 3.05) is 0 Å². The molecule has 22 heavy (non-hydrogen) atoms. The molecule has 1 heterocycles. The molecule has 0 saturated heterocycles. The second kappa shape index (κ2) is 7.09. The summed E-state index contributed by atoms with van der Waals surface area (Å²) in [4.78, 5) is 4.67. The van der Waals surface area contributed by atoms with Crippen LogP contribution in [0.5, 0.6) is 0 Å². The minimum atomic E-state index is -1.87. The van der Waals surface area contributed by atoms with Gasteiger partial charge in [0.05, 0.1) is 11.8 Å². The van der Waals surface area contributed by atoms with Crippen molar-refractivity contribution in [1.29, 1.82) is 0 Å². The van der Waals surface area contributed by atoms with Gasteiger partial charge in [0.1, 0.15) is 0 Å². The lowest BCUT2D eigenvalue weighted by Gasteiger charge is -2.44. The van der Waals surface area contributed by atoms with Crippen molar-refractivity contribution in [2.45, 2.75) is 77.1 Å². The van der Waals surface area contributed by atoms with Gasteiger partial charge in [-0.2, -0.15) is 0 Å². The highest BCUT2D eigenvalue weighted by Gasteiger charge is 2.47. The topological polar surface area (TPSA) is 22.1 Å². The van der Waals surface area contributed by atoms with E-state index in [0.717, 1.165) is 18.5 Å². The first-order valence-corrected chi connectivity index (χ1v) is 10.8. The van der Waals surface area contributed by atoms with E-state index in [1.165, 1.54) is 5.56 Å². The van der Waals surface area contributed by atoms with Crippen molar-refractivity contribution in [3.63, 3.8) is 0 Å². The third-order valence-electron chi connectivity index (χ3n) is 5.12. The van der Waals surface area contributed by atoms with Gasteiger partial charge in [0.2, 0.25) is 8.32 Å². The van der Waals surface area contributed by atoms with Gasteiger partial charge in [0, 0.05) is 6.20 Å². The van der Waals surface area contributed by atoms with E-state index in [1.807, 2.05) is 12.3 Å². The Morgan fingerprint density at radius 1 is 1.09 bits per heavy atom. The molecule has 0 aliphatic heterocycles. The van der Waals surface area contributed by atoms with Crippen LogP contribution in [-0.2, 0) is 4.43 Å². The Bertz CT molecular complexity index is 500. The fourth-order valence-corrected chi connectivity index (χ4v) is 9.74. The highest BCUT2D eigenvalue weighted by molar-refractivity contribution is 6.77. The number of hydrogen-bond donors (Lipinski definition) is 0. The quantitative estimate of drug-likeness (QED) is 0.610. The predicted octanol–water partition coefficient (Wildman–Crippen LogP) is 6.12. The third-order valence-corrected chi connectivity index (χ3v) is 11.2. The lowest BCUT2D eigenvalue weighted by molar-refractivity contribution is 0.163. The van der Waals surface area contributed by atoms with E-state index in [1.54, 1.807) is 0 Å². The SMILES string of the molecule is CC(C)[Si](OC1CCC=Cc2cccnc21)(C(C)C)C(C)C. The van der Waals surface area contributed by atoms with E-state index in [2.05, 4.69) is 64.7 Å². The van der Waals surface area contributed by atoms with Crippen LogP contribution >= 0.6 is 0 Å². The zero-order chi connectivity index (χ0) is 16.3. The van der Waals surface area contributed by atoms with Gasteiger partial charge in [-0.25, -0.2) is 0 Å². The van der Waals surface area contributed by atoms with E-state index in [9.17, 15) is 0 Å². The monoisotopic (exact) mass is 317 g/mol. The highest BCUT2D eigenvalue weighted by atomic mass is 28.4. The Morgan fingerprint density at radius 3 is 2.32 bits per heavy atom. The average Bonchev–Trinajstić information content (AvgIpc) is 2.65. The molecular weight excluding hydrogens is 286 g/mol. The number of nitrogens with zero attached hydrogens (tertiary/aromatic N) is 1. The van der Waals surface area contributed by atoms with Gasteiger partial charge in [0.25, 0.3) is 0 Å². The number of allylic oxidation sites excluding steroid dienone is 1. The molecule has 2 nitrogen and oxygen atoms in total. The zero-order valence-corrected chi connectivity index (χ0v) is 16.0. The van der Waals surface area contributed by atoms with E-state index in [0.29, 0.717) is 16.6 Å². The maximum absolute atomic E-state index is 7.01. The zero-order valence-electron chi connectivity index (χ0n) is 15.0. The number of rotatable bonds is 5. The second-order valence-corrected chi connectivity index (χ2v) is 12.8. The molecule has 0 N–H and O–H groups in total. The van der Waals surface area contributed by atoms with Crippen LogP contribution in [0.2, 0.25) is 16.6 Å². The second-order valence-electron chi connectivity index (χ2n) is 7.38. The molecule has 2 rings (SSSR count). The average molecular weight is 318 g/mol. The molecule has 0 radical (unpaired) electrons. The Kier molecular flexibility index (Phi) is 5.62. The summed E-state index contributed by atoms with van der Waals surface area (Å²) in [5.41, 5.74) is 4.18. The minimum Gasteiger partial charge on any atom is -0.408 e. The summed E-state index contributed by atoms with van der Waals surface area (Å²) in [6.45, 7) is 14.1. The number of fused-ring (bicyclic) bond motifs is 1. The third kappa shape index (κ3) is 3.20. The van der Waals surface area contributed by atoms with Gasteiger partial charge in [-0.05, 0) is 41.1 Å². The van der Waals surface area contributed by atoms with Crippen molar-refractivity contribution >= 4 is 14.4 Å². The fraction of sp³-hybridized carbons (Fsp3) is 0.632. The summed E-state index contributed by atoms with van der Waals surface area (Å²) in [6, 6.07) is 4.17. The fourth-order valence-electron chi connectivity index (χ4n) is 4.20. The summed E-state index contributed by atoms with van der Waals surface area (Å²) in [5, 5.41) is 0. The van der Waals surface area contributed by atoms with Gasteiger partial charge in [0.15, 0.2) is 0 Å². The van der Waals surface area contributed by atoms with E-state index < -0.39 is 8.32 Å². The van der Waals surface area contributed by atoms with Gasteiger partial charge < -0.3 is 4.43 Å². The molecule has 3 heteroatoms. The largest absolute Gasteiger partial charge is 0.408 e. The maximum Gasteiger partial charge on any atom is 0.201 e. The van der Waals surface area contributed by atoms with Gasteiger partial charge in [-0.1, -0.05) is 59.8 Å². The summed E-state index contributed by atoms with van der Waals surface area (Å²) in [5.74, 6) is 0. The smallest absolute Gasteiger partial charge is 0.201 e. The molecule has 1 aromatic heterocycles. The van der Waals surface area contributed by atoms with Crippen molar-refractivity contribution < 1.29 is 4.43 Å². The first-order valence-electron chi connectivity index (χ1n) is 8.68. The lowest BCUT2D eigenvalue weighted by Crippen LogP contribution is -2.48. The van der Waals surface area contributed by atoms with Crippen LogP contribution in [0.3, 0.4) is 0 Å². The van der Waals surface area contributed by atoms with Crippen LogP contribution in [0.4, 0.5) is 0 Å². The van der Waals surface area contributed by atoms with Crippen LogP contribution < -0.4 is 0 Å². The molecule has 0 bridgehead atoms. The number of pyridine rings is 1. The standard InChI is InChI=1S/C19H31NOSi/c1-14(2)22(15(3)4,16(5)6)21-18-12-8-7-10-17-11-9-13-20-19(17)18/h7,9-11,13-16,18H,8,12H2,1-6H3. The Balaban J connectivity index is 2.39. The van der Waals surface area contributed by atoms with Crippen LogP contribution in [0.25, 0.3) is 6.08 Å². The molecule has 0 spiro atoms. The van der Waals surface area contributed by atoms with Gasteiger partial charge in [-0.15, -0.1) is 0 Å². The van der Waals surface area contributed by atoms with Gasteiger partial charge >= 0.3 is 0 Å². The number of aromatic nitrogens is 1. The van der Waals surface area contributed by atoms with Crippen molar-refractivity contribution in [1.82, 2.24) is 4.98 Å². The molecule has 1 aromatic rings. The summed E-state index contributed by atoms with van der Waals surface area (Å²) in [6.07, 6.45) is 8.62. The Labute approximate surface area is 137 Å². The van der Waals surface area contributed by atoms with E-state index >= 15 is 0 Å². The molecule has 1 aliphatic rings. The first kappa shape index (κ1) is 17.4. The molecule has 0 amide bonds. The molecule has 0 saturated carbocycles. The van der Waals surface area contributed by atoms with Crippen LogP contribution in [0, 0.1) is 0 Å². The van der Waals surface area contributed by atoms with Crippen molar-refractivity contribution in [2.24, 2.45) is 0 Å². The molecule has 0 fully saturated rings. The number of hydrogen-bond acceptors (Lipinski definition) is 2. The van der Waals surface area contributed by atoms with Gasteiger partial charge in [-0.3, -0.25) is 4.98 Å². The Hall–Kier alpha value is -0.933. The van der Waals surface area contributed by atoms with Crippen molar-refractivity contribution in [3.05, 3.63) is 35.7 Å². The first-order chi connectivity index (χ1) is 10.4. The maximum atomic E-state index is 7.01. The molecule has 1 aliphatic carbocycles. The summed E-state index contributed by atoms with van der Waals surface area (Å²) >= 11 is 0. The highest BCUT2D eigenvalue weighted by Crippen LogP contribution is 2.46. The predicted molar refractivity (Wildman–Crippen MR) is 97.4 cm³/mol. The lowest BCUT2D eigenvalue weighted by atomic mass is 10.1. The van der Waals surface area contributed by atoms with Crippen molar-refractivity contribution in [3.8, 4) is 0 Å². The Morgan fingerprint density at radius 2 is 1.73 bits per heavy atom. The molecule has 0 aromatic carbocycles. The van der Waals surface area contributed by atoms with E-state index in [-0.39, 0.29) is 6.10 Å². The minimum absolute atomic E-state index is 0.144. The normalized spacial score (nSPS) is 18.9. The van der Waals surface area contributed by atoms with Crippen LogP contribution in [0.1, 0.15) is 71.7 Å². The summed E-state index contributed by atoms with van der Waals surface area (Å²) in [7, 11) is -1.87. The van der Waals surface area contributed by atoms with Crippen LogP contribution in [0.15, 0.2) is 24.4 Å². The summed E-state index contributed by atoms with van der Waals surface area (Å²) < 4.78 is 7.01. The molecule has 1 atom stereocenters. The van der Waals surface area contributed by atoms with Crippen LogP contribution in [-0.4, -0.2) is 13.3 Å².